The fraction of sp³-hybridized carbons (Fsp3) is 0.333. The smallest absolute Gasteiger partial charge is 0.376 e. The van der Waals surface area contributed by atoms with Gasteiger partial charge in [-0.25, -0.2) is 4.68 Å². The molecule has 1 unspecified atom stereocenters. The van der Waals surface area contributed by atoms with E-state index in [0.29, 0.717) is 18.7 Å². The van der Waals surface area contributed by atoms with E-state index in [0.717, 1.165) is 18.5 Å². The molecule has 1 fully saturated rings. The summed E-state index contributed by atoms with van der Waals surface area (Å²) in [6.45, 7) is 1.06. The summed E-state index contributed by atoms with van der Waals surface area (Å²) < 4.78 is 49.4. The number of carbonyl (C=O) groups excluding carboxylic acids is 1. The van der Waals surface area contributed by atoms with Gasteiger partial charge in [-0.3, -0.25) is 4.79 Å². The van der Waals surface area contributed by atoms with Crippen LogP contribution in [0.5, 0.6) is 0 Å². The van der Waals surface area contributed by atoms with Crippen LogP contribution in [0.1, 0.15) is 45.5 Å². The van der Waals surface area contributed by atoms with Crippen molar-refractivity contribution in [3.63, 3.8) is 0 Å². The zero-order valence-corrected chi connectivity index (χ0v) is 18.4. The van der Waals surface area contributed by atoms with Gasteiger partial charge in [-0.05, 0) is 54.7 Å². The molecule has 2 aliphatic rings. The van der Waals surface area contributed by atoms with Gasteiger partial charge >= 0.3 is 6.18 Å². The Morgan fingerprint density at radius 3 is 2.64 bits per heavy atom. The normalized spacial score (nSPS) is 18.2. The minimum absolute atomic E-state index is 0.000245. The second-order valence-electron chi connectivity index (χ2n) is 8.36. The number of hydrogen-bond donors (Lipinski definition) is 0. The molecule has 1 aromatic heterocycles. The number of aromatic nitrogens is 2. The Hall–Kier alpha value is -2.84. The fourth-order valence-corrected chi connectivity index (χ4v) is 4.95. The topological polar surface area (TPSA) is 47.4 Å². The molecule has 1 atom stereocenters. The Balaban J connectivity index is 1.47. The number of benzene rings is 2. The summed E-state index contributed by atoms with van der Waals surface area (Å²) in [5, 5.41) is 3.77. The van der Waals surface area contributed by atoms with E-state index >= 15 is 0 Å². The number of fused-ring (bicyclic) bond motifs is 1. The van der Waals surface area contributed by atoms with Crippen molar-refractivity contribution in [2.24, 2.45) is 0 Å². The van der Waals surface area contributed by atoms with Crippen LogP contribution in [0.3, 0.4) is 0 Å². The lowest BCUT2D eigenvalue weighted by molar-refractivity contribution is -0.138. The van der Waals surface area contributed by atoms with Crippen LogP contribution in [0.25, 0.3) is 5.69 Å². The summed E-state index contributed by atoms with van der Waals surface area (Å²) in [5.41, 5.74) is 1.08. The van der Waals surface area contributed by atoms with E-state index in [2.05, 4.69) is 5.10 Å². The highest BCUT2D eigenvalue weighted by molar-refractivity contribution is 6.33. The minimum atomic E-state index is -4.64. The number of ether oxygens (including phenoxy) is 1. The van der Waals surface area contributed by atoms with E-state index in [1.54, 1.807) is 47.4 Å². The van der Waals surface area contributed by atoms with Gasteiger partial charge in [-0.15, -0.1) is 0 Å². The lowest BCUT2D eigenvalue weighted by atomic mass is 9.94. The predicted octanol–water partition coefficient (Wildman–Crippen LogP) is 5.27. The van der Waals surface area contributed by atoms with E-state index in [1.807, 2.05) is 0 Å². The van der Waals surface area contributed by atoms with E-state index in [9.17, 15) is 18.0 Å². The van der Waals surface area contributed by atoms with Gasteiger partial charge in [0, 0.05) is 43.2 Å². The third-order valence-corrected chi connectivity index (χ3v) is 6.56. The quantitative estimate of drug-likeness (QED) is 0.505. The Morgan fingerprint density at radius 2 is 2.00 bits per heavy atom. The van der Waals surface area contributed by atoms with E-state index in [-0.39, 0.29) is 46.7 Å². The fourth-order valence-electron chi connectivity index (χ4n) is 4.56. The number of alkyl halides is 3. The van der Waals surface area contributed by atoms with Gasteiger partial charge in [0.1, 0.15) is 0 Å². The molecule has 1 saturated heterocycles. The van der Waals surface area contributed by atoms with Gasteiger partial charge in [-0.2, -0.15) is 18.3 Å². The average Bonchev–Trinajstić information content (AvgIpc) is 3.52. The van der Waals surface area contributed by atoms with Crippen LogP contribution >= 0.6 is 11.6 Å². The predicted molar refractivity (Wildman–Crippen MR) is 117 cm³/mol. The second kappa shape index (κ2) is 8.50. The van der Waals surface area contributed by atoms with Gasteiger partial charge in [0.25, 0.3) is 5.91 Å². The third kappa shape index (κ3) is 4.25. The SMILES string of the molecule is O=C1c2cc(Cc3ccc(-n4cccn4)cc3)c(C(F)(F)F)c(Cl)c2CN1CC1CCCO1. The maximum Gasteiger partial charge on any atom is 0.418 e. The molecular weight excluding hydrogens is 455 g/mol. The summed E-state index contributed by atoms with van der Waals surface area (Å²) >= 11 is 6.31. The van der Waals surface area contributed by atoms with Crippen LogP contribution in [-0.4, -0.2) is 39.8 Å². The molecule has 5 rings (SSSR count). The van der Waals surface area contributed by atoms with Gasteiger partial charge in [-0.1, -0.05) is 23.7 Å². The monoisotopic (exact) mass is 475 g/mol. The molecule has 2 aliphatic heterocycles. The van der Waals surface area contributed by atoms with Gasteiger partial charge in [0.05, 0.1) is 22.4 Å². The highest BCUT2D eigenvalue weighted by Gasteiger charge is 2.41. The average molecular weight is 476 g/mol. The van der Waals surface area contributed by atoms with Crippen LogP contribution in [0.2, 0.25) is 5.02 Å². The highest BCUT2D eigenvalue weighted by Crippen LogP contribution is 2.43. The summed E-state index contributed by atoms with van der Waals surface area (Å²) in [5.74, 6) is -0.300. The van der Waals surface area contributed by atoms with Crippen LogP contribution in [0.4, 0.5) is 13.2 Å². The number of halogens is 4. The van der Waals surface area contributed by atoms with E-state index in [4.69, 9.17) is 16.3 Å². The number of nitrogens with zero attached hydrogens (tertiary/aromatic N) is 3. The van der Waals surface area contributed by atoms with E-state index in [1.165, 1.54) is 11.0 Å². The van der Waals surface area contributed by atoms with Crippen LogP contribution in [0, 0.1) is 0 Å². The number of carbonyl (C=O) groups is 1. The maximum absolute atomic E-state index is 14.0. The molecule has 0 saturated carbocycles. The Kier molecular flexibility index (Phi) is 5.66. The molecule has 0 aliphatic carbocycles. The van der Waals surface area contributed by atoms with Crippen molar-refractivity contribution < 1.29 is 22.7 Å². The summed E-state index contributed by atoms with van der Waals surface area (Å²) in [7, 11) is 0. The molecule has 172 valence electrons. The maximum atomic E-state index is 14.0. The molecule has 0 N–H and O–H groups in total. The first kappa shape index (κ1) is 22.0. The zero-order valence-electron chi connectivity index (χ0n) is 17.6. The molecule has 1 amide bonds. The van der Waals surface area contributed by atoms with Gasteiger partial charge < -0.3 is 9.64 Å². The Bertz CT molecular complexity index is 1170. The molecule has 2 aromatic carbocycles. The molecule has 0 radical (unpaired) electrons. The standard InChI is InChI=1S/C24H21ClF3N3O2/c25-22-20-14-30(13-18-3-1-10-33-18)23(32)19(20)12-16(21(22)24(26,27)28)11-15-4-6-17(7-5-15)31-9-2-8-29-31/h2,4-9,12,18H,1,3,10-11,13-14H2. The first-order chi connectivity index (χ1) is 15.8. The van der Waals surface area contributed by atoms with Crippen molar-refractivity contribution >= 4 is 17.5 Å². The van der Waals surface area contributed by atoms with Crippen LogP contribution < -0.4 is 0 Å². The third-order valence-electron chi connectivity index (χ3n) is 6.15. The summed E-state index contributed by atoms with van der Waals surface area (Å²) in [6.07, 6.45) is 0.461. The molecule has 3 heterocycles. The van der Waals surface area contributed by atoms with E-state index < -0.39 is 11.7 Å². The molecule has 5 nitrogen and oxygen atoms in total. The van der Waals surface area contributed by atoms with Crippen LogP contribution in [0.15, 0.2) is 48.8 Å². The van der Waals surface area contributed by atoms with Gasteiger partial charge in [0.15, 0.2) is 0 Å². The number of hydrogen-bond acceptors (Lipinski definition) is 3. The van der Waals surface area contributed by atoms with Crippen molar-refractivity contribution in [2.45, 2.75) is 38.1 Å². The highest BCUT2D eigenvalue weighted by atomic mass is 35.5. The summed E-state index contributed by atoms with van der Waals surface area (Å²) in [6, 6.07) is 10.2. The molecule has 0 bridgehead atoms. The van der Waals surface area contributed by atoms with Crippen molar-refractivity contribution in [3.8, 4) is 5.69 Å². The largest absolute Gasteiger partial charge is 0.418 e. The zero-order chi connectivity index (χ0) is 23.2. The number of amides is 1. The summed E-state index contributed by atoms with van der Waals surface area (Å²) in [4.78, 5) is 14.5. The van der Waals surface area contributed by atoms with Crippen molar-refractivity contribution in [3.05, 3.63) is 81.6 Å². The van der Waals surface area contributed by atoms with Crippen molar-refractivity contribution in [1.29, 1.82) is 0 Å². The molecule has 9 heteroatoms. The van der Waals surface area contributed by atoms with Gasteiger partial charge in [0.2, 0.25) is 0 Å². The molecule has 0 spiro atoms. The molecule has 33 heavy (non-hydrogen) atoms. The lowest BCUT2D eigenvalue weighted by Gasteiger charge is -2.19. The van der Waals surface area contributed by atoms with Crippen LogP contribution in [-0.2, 0) is 23.9 Å². The Labute approximate surface area is 193 Å². The minimum Gasteiger partial charge on any atom is -0.376 e. The first-order valence-corrected chi connectivity index (χ1v) is 11.1. The molecule has 3 aromatic rings. The number of rotatable bonds is 5. The first-order valence-electron chi connectivity index (χ1n) is 10.7. The second-order valence-corrected chi connectivity index (χ2v) is 8.74. The lowest BCUT2D eigenvalue weighted by Crippen LogP contribution is -2.32. The molecular formula is C24H21ClF3N3O2. The van der Waals surface area contributed by atoms with Crippen molar-refractivity contribution in [1.82, 2.24) is 14.7 Å². The van der Waals surface area contributed by atoms with Crippen molar-refractivity contribution in [2.75, 3.05) is 13.2 Å². The Morgan fingerprint density at radius 1 is 1.21 bits per heavy atom.